The Bertz CT molecular complexity index is 549. The van der Waals surface area contributed by atoms with Gasteiger partial charge in [0.05, 0.1) is 12.6 Å². The van der Waals surface area contributed by atoms with Gasteiger partial charge in [-0.15, -0.1) is 0 Å². The van der Waals surface area contributed by atoms with Gasteiger partial charge >= 0.3 is 0 Å². The van der Waals surface area contributed by atoms with Crippen LogP contribution in [-0.2, 0) is 0 Å². The maximum absolute atomic E-state index is 9.33. The minimum absolute atomic E-state index is 0.0197. The summed E-state index contributed by atoms with van der Waals surface area (Å²) in [5, 5.41) is 12.7. The van der Waals surface area contributed by atoms with E-state index in [0.29, 0.717) is 12.6 Å². The molecule has 1 aliphatic carbocycles. The summed E-state index contributed by atoms with van der Waals surface area (Å²) >= 11 is 0. The topological polar surface area (TPSA) is 41.5 Å². The lowest BCUT2D eigenvalue weighted by atomic mass is 10.1. The Labute approximate surface area is 125 Å². The fraction of sp³-hybridized carbons (Fsp3) is 0.333. The molecular formula is C18H21NO2. The van der Waals surface area contributed by atoms with Gasteiger partial charge in [-0.25, -0.2) is 0 Å². The molecule has 0 bridgehead atoms. The second-order valence-corrected chi connectivity index (χ2v) is 5.52. The molecule has 0 aliphatic heterocycles. The molecule has 0 saturated heterocycles. The van der Waals surface area contributed by atoms with Crippen LogP contribution in [0.5, 0.6) is 5.75 Å². The van der Waals surface area contributed by atoms with E-state index in [-0.39, 0.29) is 12.6 Å². The highest BCUT2D eigenvalue weighted by molar-refractivity contribution is 5.63. The molecule has 3 heteroatoms. The third-order valence-electron chi connectivity index (χ3n) is 3.68. The van der Waals surface area contributed by atoms with Crippen molar-refractivity contribution in [1.82, 2.24) is 5.32 Å². The number of aliphatic hydroxyl groups is 1. The van der Waals surface area contributed by atoms with Crippen LogP contribution < -0.4 is 10.1 Å². The van der Waals surface area contributed by atoms with Crippen LogP contribution in [0.1, 0.15) is 12.8 Å². The zero-order valence-corrected chi connectivity index (χ0v) is 12.0. The maximum atomic E-state index is 9.33. The summed E-state index contributed by atoms with van der Waals surface area (Å²) in [6.07, 6.45) is 2.42. The van der Waals surface area contributed by atoms with Gasteiger partial charge in [0.2, 0.25) is 0 Å². The molecule has 0 amide bonds. The van der Waals surface area contributed by atoms with Crippen molar-refractivity contribution in [3.63, 3.8) is 0 Å². The van der Waals surface area contributed by atoms with Crippen molar-refractivity contribution in [3.8, 4) is 16.9 Å². The smallest absolute Gasteiger partial charge is 0.119 e. The summed E-state index contributed by atoms with van der Waals surface area (Å²) in [7, 11) is 0. The molecular weight excluding hydrogens is 262 g/mol. The average Bonchev–Trinajstić information content (AvgIpc) is 3.37. The van der Waals surface area contributed by atoms with E-state index in [1.807, 2.05) is 30.3 Å². The molecule has 2 aromatic rings. The van der Waals surface area contributed by atoms with E-state index in [2.05, 4.69) is 29.6 Å². The van der Waals surface area contributed by atoms with Gasteiger partial charge in [0.15, 0.2) is 0 Å². The first kappa shape index (κ1) is 14.1. The summed E-state index contributed by atoms with van der Waals surface area (Å²) in [6, 6.07) is 19.0. The van der Waals surface area contributed by atoms with E-state index >= 15 is 0 Å². The van der Waals surface area contributed by atoms with E-state index in [1.54, 1.807) is 0 Å². The van der Waals surface area contributed by atoms with Crippen LogP contribution in [0.4, 0.5) is 0 Å². The first-order chi connectivity index (χ1) is 10.3. The Morgan fingerprint density at radius 2 is 1.67 bits per heavy atom. The average molecular weight is 283 g/mol. The normalized spacial score (nSPS) is 15.7. The molecule has 0 aromatic heterocycles. The zero-order chi connectivity index (χ0) is 14.5. The van der Waals surface area contributed by atoms with E-state index in [9.17, 15) is 5.11 Å². The number of rotatable bonds is 7. The van der Waals surface area contributed by atoms with Crippen molar-refractivity contribution in [2.75, 3.05) is 13.2 Å². The van der Waals surface area contributed by atoms with Gasteiger partial charge in [-0.05, 0) is 36.1 Å². The predicted octanol–water partition coefficient (Wildman–Crippen LogP) is 2.85. The van der Waals surface area contributed by atoms with Crippen LogP contribution >= 0.6 is 0 Å². The molecule has 110 valence electrons. The minimum Gasteiger partial charge on any atom is -0.492 e. The number of benzene rings is 2. The van der Waals surface area contributed by atoms with Crippen molar-refractivity contribution in [2.45, 2.75) is 24.9 Å². The molecule has 21 heavy (non-hydrogen) atoms. The van der Waals surface area contributed by atoms with Gasteiger partial charge in [0.25, 0.3) is 0 Å². The van der Waals surface area contributed by atoms with E-state index in [1.165, 1.54) is 24.0 Å². The Morgan fingerprint density at radius 1 is 1.00 bits per heavy atom. The van der Waals surface area contributed by atoms with Gasteiger partial charge in [-0.2, -0.15) is 0 Å². The lowest BCUT2D eigenvalue weighted by Crippen LogP contribution is -2.39. The van der Waals surface area contributed by atoms with Crippen molar-refractivity contribution >= 4 is 0 Å². The van der Waals surface area contributed by atoms with E-state index < -0.39 is 0 Å². The SMILES string of the molecule is OCC(COc1ccc(-c2ccccc2)cc1)NC1CC1. The van der Waals surface area contributed by atoms with Gasteiger partial charge in [0.1, 0.15) is 12.4 Å². The molecule has 0 radical (unpaired) electrons. The monoisotopic (exact) mass is 283 g/mol. The first-order valence-corrected chi connectivity index (χ1v) is 7.50. The molecule has 0 spiro atoms. The second-order valence-electron chi connectivity index (χ2n) is 5.52. The summed E-state index contributed by atoms with van der Waals surface area (Å²) < 4.78 is 5.76. The molecule has 1 unspecified atom stereocenters. The molecule has 1 aliphatic rings. The lowest BCUT2D eigenvalue weighted by molar-refractivity contribution is 0.182. The Kier molecular flexibility index (Phi) is 4.53. The Balaban J connectivity index is 1.56. The third kappa shape index (κ3) is 4.06. The highest BCUT2D eigenvalue weighted by Crippen LogP contribution is 2.22. The molecule has 1 fully saturated rings. The van der Waals surface area contributed by atoms with Crippen LogP contribution in [0.15, 0.2) is 54.6 Å². The Hall–Kier alpha value is -1.84. The lowest BCUT2D eigenvalue weighted by Gasteiger charge is -2.16. The molecule has 1 saturated carbocycles. The number of aliphatic hydroxyl groups excluding tert-OH is 1. The highest BCUT2D eigenvalue weighted by atomic mass is 16.5. The largest absolute Gasteiger partial charge is 0.492 e. The fourth-order valence-corrected chi connectivity index (χ4v) is 2.31. The maximum Gasteiger partial charge on any atom is 0.119 e. The van der Waals surface area contributed by atoms with Crippen molar-refractivity contribution in [2.24, 2.45) is 0 Å². The minimum atomic E-state index is 0.0197. The first-order valence-electron chi connectivity index (χ1n) is 7.50. The quantitative estimate of drug-likeness (QED) is 0.821. The van der Waals surface area contributed by atoms with Crippen LogP contribution in [0.2, 0.25) is 0 Å². The van der Waals surface area contributed by atoms with Gasteiger partial charge < -0.3 is 15.2 Å². The van der Waals surface area contributed by atoms with Gasteiger partial charge in [-0.1, -0.05) is 42.5 Å². The fourth-order valence-electron chi connectivity index (χ4n) is 2.31. The van der Waals surface area contributed by atoms with Crippen molar-refractivity contribution < 1.29 is 9.84 Å². The summed E-state index contributed by atoms with van der Waals surface area (Å²) in [5.74, 6) is 0.839. The third-order valence-corrected chi connectivity index (χ3v) is 3.68. The van der Waals surface area contributed by atoms with Crippen LogP contribution in [0, 0.1) is 0 Å². The van der Waals surface area contributed by atoms with Gasteiger partial charge in [0, 0.05) is 6.04 Å². The van der Waals surface area contributed by atoms with E-state index in [0.717, 1.165) is 5.75 Å². The molecule has 0 heterocycles. The van der Waals surface area contributed by atoms with Crippen molar-refractivity contribution in [3.05, 3.63) is 54.6 Å². The predicted molar refractivity (Wildman–Crippen MR) is 84.4 cm³/mol. The molecule has 2 N–H and O–H groups in total. The standard InChI is InChI=1S/C18H21NO2/c20-12-17(19-16-8-9-16)13-21-18-10-6-15(7-11-18)14-4-2-1-3-5-14/h1-7,10-11,16-17,19-20H,8-9,12-13H2. The van der Waals surface area contributed by atoms with E-state index in [4.69, 9.17) is 4.74 Å². The van der Waals surface area contributed by atoms with Crippen LogP contribution in [-0.4, -0.2) is 30.4 Å². The number of ether oxygens (including phenoxy) is 1. The zero-order valence-electron chi connectivity index (χ0n) is 12.0. The van der Waals surface area contributed by atoms with Crippen molar-refractivity contribution in [1.29, 1.82) is 0 Å². The Morgan fingerprint density at radius 3 is 2.29 bits per heavy atom. The molecule has 2 aromatic carbocycles. The number of hydrogen-bond donors (Lipinski definition) is 2. The summed E-state index contributed by atoms with van der Waals surface area (Å²) in [5.41, 5.74) is 2.38. The summed E-state index contributed by atoms with van der Waals surface area (Å²) in [4.78, 5) is 0. The number of nitrogens with one attached hydrogen (secondary N) is 1. The second kappa shape index (κ2) is 6.74. The van der Waals surface area contributed by atoms with Crippen LogP contribution in [0.25, 0.3) is 11.1 Å². The molecule has 3 rings (SSSR count). The molecule has 1 atom stereocenters. The van der Waals surface area contributed by atoms with Gasteiger partial charge in [-0.3, -0.25) is 0 Å². The molecule has 3 nitrogen and oxygen atoms in total. The number of hydrogen-bond acceptors (Lipinski definition) is 3. The summed E-state index contributed by atoms with van der Waals surface area (Å²) in [6.45, 7) is 0.607. The highest BCUT2D eigenvalue weighted by Gasteiger charge is 2.24. The van der Waals surface area contributed by atoms with Crippen LogP contribution in [0.3, 0.4) is 0 Å².